The first-order valence-electron chi connectivity index (χ1n) is 10.5. The Morgan fingerprint density at radius 1 is 1.06 bits per heavy atom. The number of hydrogen-bond acceptors (Lipinski definition) is 8. The van der Waals surface area contributed by atoms with Crippen molar-refractivity contribution in [3.8, 4) is 11.3 Å². The first-order chi connectivity index (χ1) is 15.6. The summed E-state index contributed by atoms with van der Waals surface area (Å²) in [6.45, 7) is 0.884. The number of ether oxygens (including phenoxy) is 2. The molecule has 32 heavy (non-hydrogen) atoms. The molecular weight excluding hydrogens is 426 g/mol. The Labute approximate surface area is 190 Å². The van der Waals surface area contributed by atoms with Crippen molar-refractivity contribution < 1.29 is 14.3 Å². The molecular formula is C23H25N5O3S. The molecule has 2 aliphatic heterocycles. The third-order valence-electron chi connectivity index (χ3n) is 5.76. The molecule has 2 aliphatic rings. The first-order valence-corrected chi connectivity index (χ1v) is 11.4. The SMILES string of the molecule is CN(C)c1ccc(-c2ccnc(N[C@@H]3CO[C@@H]4[C@@H]3OC[C@@H]4NC(=O)c3cccs3)n2)cc1. The van der Waals surface area contributed by atoms with Gasteiger partial charge >= 0.3 is 0 Å². The van der Waals surface area contributed by atoms with Gasteiger partial charge in [0.2, 0.25) is 5.95 Å². The smallest absolute Gasteiger partial charge is 0.261 e. The molecule has 2 N–H and O–H groups in total. The van der Waals surface area contributed by atoms with Crippen LogP contribution in [0.5, 0.6) is 0 Å². The second-order valence-electron chi connectivity index (χ2n) is 8.11. The van der Waals surface area contributed by atoms with Gasteiger partial charge in [0, 0.05) is 31.5 Å². The van der Waals surface area contributed by atoms with Crippen LogP contribution in [0, 0.1) is 0 Å². The minimum atomic E-state index is -0.196. The largest absolute Gasteiger partial charge is 0.378 e. The summed E-state index contributed by atoms with van der Waals surface area (Å²) in [7, 11) is 4.03. The summed E-state index contributed by atoms with van der Waals surface area (Å²) >= 11 is 1.42. The van der Waals surface area contributed by atoms with E-state index in [0.29, 0.717) is 24.0 Å². The van der Waals surface area contributed by atoms with Crippen LogP contribution in [-0.4, -0.2) is 67.5 Å². The van der Waals surface area contributed by atoms with Gasteiger partial charge in [0.15, 0.2) is 0 Å². The van der Waals surface area contributed by atoms with Gasteiger partial charge in [-0.1, -0.05) is 18.2 Å². The third kappa shape index (κ3) is 4.19. The average Bonchev–Trinajstić information content (AvgIpc) is 3.55. The molecule has 1 aromatic carbocycles. The number of carbonyl (C=O) groups is 1. The lowest BCUT2D eigenvalue weighted by Gasteiger charge is -2.18. The molecule has 3 aromatic rings. The van der Waals surface area contributed by atoms with Crippen molar-refractivity contribution in [2.24, 2.45) is 0 Å². The van der Waals surface area contributed by atoms with Crippen molar-refractivity contribution in [3.05, 3.63) is 58.9 Å². The Morgan fingerprint density at radius 2 is 1.81 bits per heavy atom. The lowest BCUT2D eigenvalue weighted by molar-refractivity contribution is 0.0652. The molecule has 0 spiro atoms. The van der Waals surface area contributed by atoms with E-state index >= 15 is 0 Å². The van der Waals surface area contributed by atoms with Gasteiger partial charge in [-0.05, 0) is 29.6 Å². The van der Waals surface area contributed by atoms with E-state index in [0.717, 1.165) is 16.9 Å². The number of aromatic nitrogens is 2. The van der Waals surface area contributed by atoms with E-state index < -0.39 is 0 Å². The molecule has 9 heteroatoms. The maximum absolute atomic E-state index is 12.4. The van der Waals surface area contributed by atoms with Crippen LogP contribution in [0.4, 0.5) is 11.6 Å². The number of amides is 1. The Kier molecular flexibility index (Phi) is 5.77. The normalized spacial score (nSPS) is 24.2. The molecule has 0 bridgehead atoms. The van der Waals surface area contributed by atoms with Crippen LogP contribution in [0.25, 0.3) is 11.3 Å². The van der Waals surface area contributed by atoms with Gasteiger partial charge in [-0.25, -0.2) is 9.97 Å². The minimum Gasteiger partial charge on any atom is -0.378 e. The Bertz CT molecular complexity index is 1070. The third-order valence-corrected chi connectivity index (χ3v) is 6.63. The van der Waals surface area contributed by atoms with Crippen LogP contribution in [0.2, 0.25) is 0 Å². The number of hydrogen-bond donors (Lipinski definition) is 2. The van der Waals surface area contributed by atoms with Crippen molar-refractivity contribution in [3.63, 3.8) is 0 Å². The fourth-order valence-electron chi connectivity index (χ4n) is 4.08. The van der Waals surface area contributed by atoms with Gasteiger partial charge in [-0.15, -0.1) is 11.3 Å². The summed E-state index contributed by atoms with van der Waals surface area (Å²) < 4.78 is 12.0. The van der Waals surface area contributed by atoms with Crippen LogP contribution in [0.15, 0.2) is 54.0 Å². The van der Waals surface area contributed by atoms with Crippen LogP contribution in [-0.2, 0) is 9.47 Å². The van der Waals surface area contributed by atoms with Crippen LogP contribution < -0.4 is 15.5 Å². The molecule has 0 saturated carbocycles. The second-order valence-corrected chi connectivity index (χ2v) is 9.06. The number of thiophene rings is 1. The zero-order valence-corrected chi connectivity index (χ0v) is 18.7. The summed E-state index contributed by atoms with van der Waals surface area (Å²) in [6.07, 6.45) is 1.38. The van der Waals surface area contributed by atoms with Crippen LogP contribution >= 0.6 is 11.3 Å². The zero-order valence-electron chi connectivity index (χ0n) is 17.9. The number of nitrogens with one attached hydrogen (secondary N) is 2. The quantitative estimate of drug-likeness (QED) is 0.596. The summed E-state index contributed by atoms with van der Waals surface area (Å²) in [5.41, 5.74) is 3.00. The maximum atomic E-state index is 12.4. The van der Waals surface area contributed by atoms with E-state index in [9.17, 15) is 4.79 Å². The van der Waals surface area contributed by atoms with Crippen molar-refractivity contribution in [1.82, 2.24) is 15.3 Å². The Hall–Kier alpha value is -3.01. The fourth-order valence-corrected chi connectivity index (χ4v) is 4.71. The van der Waals surface area contributed by atoms with E-state index in [-0.39, 0.29) is 30.2 Å². The van der Waals surface area contributed by atoms with Crippen molar-refractivity contribution in [1.29, 1.82) is 0 Å². The summed E-state index contributed by atoms with van der Waals surface area (Å²) in [5.74, 6) is 0.439. The monoisotopic (exact) mass is 451 g/mol. The zero-order chi connectivity index (χ0) is 22.1. The number of anilines is 2. The molecule has 2 saturated heterocycles. The standard InChI is InChI=1S/C23H25N5O3S/c1-28(2)15-7-5-14(6-8-15)16-9-10-24-23(26-16)27-18-13-31-20-17(12-30-21(18)20)25-22(29)19-4-3-11-32-19/h3-11,17-18,20-21H,12-13H2,1-2H3,(H,25,29)(H,24,26,27)/t17-,18+,20-,21+/m0/s1. The number of rotatable bonds is 6. The molecule has 0 aliphatic carbocycles. The number of benzene rings is 1. The van der Waals surface area contributed by atoms with Gasteiger partial charge in [-0.2, -0.15) is 0 Å². The van der Waals surface area contributed by atoms with Crippen molar-refractivity contribution in [2.45, 2.75) is 24.3 Å². The molecule has 1 amide bonds. The lowest BCUT2D eigenvalue weighted by atomic mass is 10.1. The maximum Gasteiger partial charge on any atom is 0.261 e. The molecule has 166 valence electrons. The van der Waals surface area contributed by atoms with Crippen molar-refractivity contribution in [2.75, 3.05) is 37.5 Å². The highest BCUT2D eigenvalue weighted by Crippen LogP contribution is 2.29. The molecule has 2 fully saturated rings. The van der Waals surface area contributed by atoms with Gasteiger partial charge in [-0.3, -0.25) is 4.79 Å². The van der Waals surface area contributed by atoms with E-state index in [1.165, 1.54) is 11.3 Å². The molecule has 5 rings (SSSR count). The molecule has 0 unspecified atom stereocenters. The fraction of sp³-hybridized carbons (Fsp3) is 0.348. The molecule has 0 radical (unpaired) electrons. The summed E-state index contributed by atoms with van der Waals surface area (Å²) in [4.78, 5) is 24.2. The van der Waals surface area contributed by atoms with Gasteiger partial charge in [0.1, 0.15) is 12.2 Å². The second kappa shape index (κ2) is 8.85. The van der Waals surface area contributed by atoms with E-state index in [2.05, 4.69) is 49.8 Å². The number of carbonyl (C=O) groups excluding carboxylic acids is 1. The van der Waals surface area contributed by atoms with Gasteiger partial charge in [0.25, 0.3) is 5.91 Å². The predicted molar refractivity (Wildman–Crippen MR) is 124 cm³/mol. The Balaban J connectivity index is 1.24. The van der Waals surface area contributed by atoms with Gasteiger partial charge < -0.3 is 25.0 Å². The molecule has 8 nitrogen and oxygen atoms in total. The lowest BCUT2D eigenvalue weighted by Crippen LogP contribution is -2.44. The molecule has 4 atom stereocenters. The number of fused-ring (bicyclic) bond motifs is 1. The molecule has 4 heterocycles. The predicted octanol–water partition coefficient (Wildman–Crippen LogP) is 2.65. The highest BCUT2D eigenvalue weighted by Gasteiger charge is 2.48. The van der Waals surface area contributed by atoms with E-state index in [1.807, 2.05) is 37.7 Å². The summed E-state index contributed by atoms with van der Waals surface area (Å²) in [5, 5.41) is 8.29. The summed E-state index contributed by atoms with van der Waals surface area (Å²) in [6, 6.07) is 13.5. The highest BCUT2D eigenvalue weighted by molar-refractivity contribution is 7.12. The minimum absolute atomic E-state index is 0.0880. The van der Waals surface area contributed by atoms with Crippen molar-refractivity contribution >= 4 is 28.9 Å². The number of nitrogens with zero attached hydrogens (tertiary/aromatic N) is 3. The average molecular weight is 452 g/mol. The van der Waals surface area contributed by atoms with E-state index in [1.54, 1.807) is 6.20 Å². The Morgan fingerprint density at radius 3 is 2.53 bits per heavy atom. The van der Waals surface area contributed by atoms with E-state index in [4.69, 9.17) is 9.47 Å². The van der Waals surface area contributed by atoms with Crippen LogP contribution in [0.1, 0.15) is 9.67 Å². The highest BCUT2D eigenvalue weighted by atomic mass is 32.1. The first kappa shape index (κ1) is 20.9. The van der Waals surface area contributed by atoms with Crippen LogP contribution in [0.3, 0.4) is 0 Å². The topological polar surface area (TPSA) is 88.6 Å². The molecule has 2 aromatic heterocycles. The van der Waals surface area contributed by atoms with Gasteiger partial charge in [0.05, 0.1) is 35.9 Å².